The molecule has 0 unspecified atom stereocenters. The summed E-state index contributed by atoms with van der Waals surface area (Å²) in [5.41, 5.74) is 0. The molecule has 64 heteroatoms. The van der Waals surface area contributed by atoms with Crippen LogP contribution in [-0.4, -0.2) is 604 Å². The molecule has 0 aromatic rings. The van der Waals surface area contributed by atoms with Crippen molar-refractivity contribution in [2.24, 2.45) is 0 Å². The predicted molar refractivity (Wildman–Crippen MR) is 448 cm³/mol. The Balaban J connectivity index is 0.986. The summed E-state index contributed by atoms with van der Waals surface area (Å²) < 4.78 is 128. The Morgan fingerprint density at radius 3 is 1.06 bits per heavy atom. The highest BCUT2D eigenvalue weighted by atomic mass is 16.8. The van der Waals surface area contributed by atoms with Crippen molar-refractivity contribution in [2.45, 2.75) is 398 Å². The number of nitrogens with one attached hydrogen (secondary N) is 6. The van der Waals surface area contributed by atoms with Gasteiger partial charge in [-0.05, 0) is 6.92 Å². The SMILES string of the molecule is CC(=O)N[C@@H]1[C@@H](O)[C@H](O[C@@H]2O[C@H](CO)[C@@H](O[C@@H]3O[C@H](CO[C@H]4O[C@H](CO)[C@@H](O)[C@H](O)[C@@H]4O[C@@H]4O[C@H](CO)[C@@H](O)[C@H](O)[C@H]4NC(C)=O)[C@@H](O[C@@H]4O[C@H](CO)[C@@H](O)[C@H](O)[C@H]4NC(C)=O)[C@H](O[C@H]4O[C@H](CO)[C@@H](O)[C@H](O)[C@@H]4O[C@@H]4O[C@H](CO)[C@@H](O[C@@H]5O[C@H](CO[C@]6(C(=O)O)C[C@H](O)[C@@H](NC(C)=O)[C@H]([C@H](O)[C@H](O)CO)O6)[C@H](O)[C@H](O)[C@H]5O)[C@H](O)[C@H]4NC(C)=O)[C@@H]3O)[C@H](O)[C@H]2NC(C)=O)[C@@H](CO[C@H]2O[C@H](C)[C@H](O)[C@H](O)[C@H]2O)O[C@H]1O. The van der Waals surface area contributed by atoms with Gasteiger partial charge in [0, 0.05) is 48.0 Å². The van der Waals surface area contributed by atoms with Crippen LogP contribution < -0.4 is 31.9 Å². The summed E-state index contributed by atoms with van der Waals surface area (Å²) in [4.78, 5) is 91.1. The van der Waals surface area contributed by atoms with Crippen LogP contribution in [0, 0.1) is 0 Å². The standard InChI is InChI=1S/C81H134N6O58/c1-19-43(103)55(115)59(119)75(128-19)125-16-35-64(52(112)38(70(122)129-35)83-21(3)96)138-73-41(86-24(6)99)53(113)63(33(15-94)134-73)140-77-61(121)67(65(141-71-39(84-22(4)97)50(110)45(105)28(10-89)130-71)36(137-77)17-126-78-68(57(117)47(107)30(12-91)132-78)143-72-40(85-23(5)98)51(111)46(106)29(11-90)131-72)142-79-69(58(118)48(108)31(13-92)133-79)144-74-42(87-25(7)100)54(114)62(32(14-93)135-74)139-76-60(120)56(116)49(109)34(136-76)18-127-81(80(123)124)8-26(101)37(82-20(2)95)66(145-81)44(104)27(102)9-88/h19,26-79,88-94,101-122H,8-18H2,1-7H3,(H,82,95)(H,83,96)(H,84,97)(H,85,98)(H,86,99)(H,87,100)(H,123,124)/t19-,26+,27-,28-,29-,30-,31-,32-,33-,34-,35-,36-,37-,38-,39-,40-,41-,42-,43+,44-,45-,46-,47-,48-,49+,50-,51-,52-,53-,54-,55+,56+,57+,58+,59-,60-,61+,62-,63-,64-,65-,66-,67-,68+,69+,70-,71+,72+,73+,74+,75+,76+,77+,78+,79-,81-/m1/s1. The molecule has 64 nitrogen and oxygen atoms in total. The molecule has 0 aromatic carbocycles. The molecule has 0 spiro atoms. The minimum absolute atomic E-state index is 0.829. The third-order valence-electron chi connectivity index (χ3n) is 26.3. The second-order valence-corrected chi connectivity index (χ2v) is 36.7. The van der Waals surface area contributed by atoms with Gasteiger partial charge < -0.3 is 285 Å². The first-order chi connectivity index (χ1) is 68.3. The Morgan fingerprint density at radius 1 is 0.297 bits per heavy atom. The van der Waals surface area contributed by atoms with Gasteiger partial charge in [-0.15, -0.1) is 0 Å². The van der Waals surface area contributed by atoms with Gasteiger partial charge in [0.2, 0.25) is 35.4 Å². The van der Waals surface area contributed by atoms with Crippen LogP contribution in [0.15, 0.2) is 0 Å². The van der Waals surface area contributed by atoms with Crippen molar-refractivity contribution >= 4 is 41.4 Å². The molecule has 6 amide bonds. The van der Waals surface area contributed by atoms with E-state index in [1.165, 1.54) is 6.92 Å². The number of rotatable bonds is 39. The summed E-state index contributed by atoms with van der Waals surface area (Å²) in [6.45, 7) is -5.66. The Labute approximate surface area is 821 Å². The third kappa shape index (κ3) is 27.0. The fourth-order valence-electron chi connectivity index (χ4n) is 18.7. The Kier molecular flexibility index (Phi) is 42.7. The number of aliphatic hydroxyl groups excluding tert-OH is 29. The van der Waals surface area contributed by atoms with Gasteiger partial charge in [-0.25, -0.2) is 4.79 Å². The Hall–Kier alpha value is -5.71. The van der Waals surface area contributed by atoms with Crippen LogP contribution in [0.25, 0.3) is 0 Å². The van der Waals surface area contributed by atoms with Gasteiger partial charge in [0.05, 0.1) is 84.3 Å². The number of carbonyl (C=O) groups is 7. The average Bonchev–Trinajstić information content (AvgIpc) is 0.791. The molecular formula is C81H134N6O58. The van der Waals surface area contributed by atoms with E-state index in [1.54, 1.807) is 0 Å². The summed E-state index contributed by atoms with van der Waals surface area (Å²) in [6, 6.07) is -11.9. The third-order valence-corrected chi connectivity index (χ3v) is 26.3. The summed E-state index contributed by atoms with van der Waals surface area (Å²) in [5, 5.41) is 355. The zero-order valence-electron chi connectivity index (χ0n) is 78.4. The smallest absolute Gasteiger partial charge is 0.364 e. The number of hydrogen-bond donors (Lipinski definition) is 36. The number of amides is 6. The van der Waals surface area contributed by atoms with Gasteiger partial charge in [-0.3, -0.25) is 28.8 Å². The number of carboxylic acid groups (broad SMARTS) is 1. The van der Waals surface area contributed by atoms with Crippen molar-refractivity contribution in [2.75, 3.05) is 66.1 Å². The minimum Gasteiger partial charge on any atom is -0.477 e. The second-order valence-electron chi connectivity index (χ2n) is 36.7. The van der Waals surface area contributed by atoms with E-state index in [0.29, 0.717) is 0 Å². The van der Waals surface area contributed by atoms with Crippen molar-refractivity contribution in [3.8, 4) is 0 Å². The number of carboxylic acids is 1. The first-order valence-electron chi connectivity index (χ1n) is 46.1. The van der Waals surface area contributed by atoms with Crippen LogP contribution >= 0.6 is 0 Å². The average molecular weight is 2120 g/mol. The Morgan fingerprint density at radius 2 is 0.614 bits per heavy atom. The van der Waals surface area contributed by atoms with Crippen LogP contribution in [0.3, 0.4) is 0 Å². The zero-order valence-corrected chi connectivity index (χ0v) is 78.4. The highest BCUT2D eigenvalue weighted by Crippen LogP contribution is 2.43. The van der Waals surface area contributed by atoms with Gasteiger partial charge >= 0.3 is 5.97 Å². The maximum atomic E-state index is 13.5. The van der Waals surface area contributed by atoms with Gasteiger partial charge in [0.25, 0.3) is 5.79 Å². The van der Waals surface area contributed by atoms with Crippen molar-refractivity contribution in [1.29, 1.82) is 0 Å². The van der Waals surface area contributed by atoms with E-state index in [-0.39, 0.29) is 0 Å². The van der Waals surface area contributed by atoms with Crippen LogP contribution in [0.2, 0.25) is 0 Å². The lowest BCUT2D eigenvalue weighted by Crippen LogP contribution is -2.71. The van der Waals surface area contributed by atoms with E-state index >= 15 is 0 Å². The van der Waals surface area contributed by atoms with Crippen molar-refractivity contribution in [1.82, 2.24) is 31.9 Å². The van der Waals surface area contributed by atoms with E-state index in [2.05, 4.69) is 31.9 Å². The van der Waals surface area contributed by atoms with Gasteiger partial charge in [0.1, 0.15) is 256 Å². The molecule has 11 aliphatic rings. The minimum atomic E-state index is -3.15. The fraction of sp³-hybridized carbons (Fsp3) is 0.914. The van der Waals surface area contributed by atoms with Crippen LogP contribution in [0.4, 0.5) is 0 Å². The van der Waals surface area contributed by atoms with Crippen molar-refractivity contribution in [3.05, 3.63) is 0 Å². The number of ether oxygens (including phenoxy) is 21. The fourth-order valence-corrected chi connectivity index (χ4v) is 18.7. The molecule has 0 saturated carbocycles. The monoisotopic (exact) mass is 2120 g/mol. The van der Waals surface area contributed by atoms with Crippen molar-refractivity contribution < 1.29 is 286 Å². The molecule has 0 radical (unpaired) electrons. The molecule has 56 atom stereocenters. The zero-order chi connectivity index (χ0) is 107. The molecule has 11 fully saturated rings. The summed E-state index contributed by atoms with van der Waals surface area (Å²) >= 11 is 0. The topological polar surface area (TPSA) is 992 Å². The lowest BCUT2D eigenvalue weighted by molar-refractivity contribution is -0.409. The highest BCUT2D eigenvalue weighted by Gasteiger charge is 2.64. The summed E-state index contributed by atoms with van der Waals surface area (Å²) in [6.07, 6.45) is -111. The molecule has 836 valence electrons. The Bertz CT molecular complexity index is 4150. The van der Waals surface area contributed by atoms with Crippen LogP contribution in [0.1, 0.15) is 54.9 Å². The quantitative estimate of drug-likeness (QED) is 0.0272. The number of carbonyl (C=O) groups excluding carboxylic acids is 6. The predicted octanol–water partition coefficient (Wildman–Crippen LogP) is -23.9. The molecule has 0 aromatic heterocycles. The van der Waals surface area contributed by atoms with Crippen LogP contribution in [-0.2, 0) is 133 Å². The van der Waals surface area contributed by atoms with E-state index in [0.717, 1.165) is 41.5 Å². The van der Waals surface area contributed by atoms with E-state index in [4.69, 9.17) is 99.5 Å². The molecule has 11 heterocycles. The molecule has 145 heavy (non-hydrogen) atoms. The lowest BCUT2D eigenvalue weighted by atomic mass is 9.88. The van der Waals surface area contributed by atoms with Gasteiger partial charge in [0.15, 0.2) is 62.9 Å². The largest absolute Gasteiger partial charge is 0.477 e. The first kappa shape index (κ1) is 120. The lowest BCUT2D eigenvalue weighted by Gasteiger charge is -2.52. The number of hydrogen-bond acceptors (Lipinski definition) is 57. The normalized spacial score (nSPS) is 47.2. The van der Waals surface area contributed by atoms with Gasteiger partial charge in [-0.2, -0.15) is 0 Å². The first-order valence-corrected chi connectivity index (χ1v) is 46.1. The summed E-state index contributed by atoms with van der Waals surface area (Å²) in [7, 11) is 0. The molecule has 11 aliphatic heterocycles. The number of aliphatic carboxylic acids is 1. The van der Waals surface area contributed by atoms with E-state index in [1.807, 2.05) is 0 Å². The second kappa shape index (κ2) is 51.8. The van der Waals surface area contributed by atoms with Crippen LogP contribution in [0.5, 0.6) is 0 Å². The molecule has 0 bridgehead atoms. The molecular weight excluding hydrogens is 1980 g/mol. The maximum Gasteiger partial charge on any atom is 0.364 e. The van der Waals surface area contributed by atoms with E-state index in [9.17, 15) is 187 Å². The summed E-state index contributed by atoms with van der Waals surface area (Å²) in [5.74, 6) is -11.1. The van der Waals surface area contributed by atoms with E-state index < -0.39 is 457 Å². The molecule has 11 saturated heterocycles. The number of aliphatic hydroxyl groups is 29. The van der Waals surface area contributed by atoms with Crippen molar-refractivity contribution in [3.63, 3.8) is 0 Å². The van der Waals surface area contributed by atoms with Gasteiger partial charge in [-0.1, -0.05) is 0 Å². The maximum absolute atomic E-state index is 13.5. The molecule has 11 rings (SSSR count). The highest BCUT2D eigenvalue weighted by molar-refractivity contribution is 5.77. The molecule has 0 aliphatic carbocycles. The molecule has 36 N–H and O–H groups in total.